The van der Waals surface area contributed by atoms with Crippen LogP contribution in [0.1, 0.15) is 156 Å². The van der Waals surface area contributed by atoms with Crippen molar-refractivity contribution in [2.75, 3.05) is 13.6 Å². The van der Waals surface area contributed by atoms with Gasteiger partial charge in [-0.2, -0.15) is 0 Å². The Kier molecular flexibility index (Phi) is 22.6. The molecular formula is C28H59N. The van der Waals surface area contributed by atoms with Crippen LogP contribution in [0.5, 0.6) is 0 Å². The maximum absolute atomic E-state index is 2.74. The Balaban J connectivity index is 4.12. The van der Waals surface area contributed by atoms with Crippen molar-refractivity contribution in [2.45, 2.75) is 162 Å². The minimum absolute atomic E-state index is 0.812. The summed E-state index contributed by atoms with van der Waals surface area (Å²) in [5.74, 6) is 0.862. The summed E-state index contributed by atoms with van der Waals surface area (Å²) in [6, 6.07) is 0.812. The fourth-order valence-corrected chi connectivity index (χ4v) is 4.82. The average molecular weight is 410 g/mol. The minimum Gasteiger partial charge on any atom is -0.303 e. The molecule has 0 rings (SSSR count). The summed E-state index contributed by atoms with van der Waals surface area (Å²) in [5, 5.41) is 0. The van der Waals surface area contributed by atoms with E-state index in [1.54, 1.807) is 0 Å². The zero-order valence-electron chi connectivity index (χ0n) is 21.5. The van der Waals surface area contributed by atoms with Crippen molar-refractivity contribution in [3.8, 4) is 0 Å². The topological polar surface area (TPSA) is 3.24 Å². The van der Waals surface area contributed by atoms with Gasteiger partial charge in [-0.1, -0.05) is 137 Å². The fraction of sp³-hybridized carbons (Fsp3) is 1.00. The molecule has 0 heterocycles. The standard InChI is InChI=1S/C28H59N/c1-6-9-12-14-16-18-20-23-26-29(5)28(27(4)24-21-11-8-3)25-22-19-17-15-13-10-7-2/h27-28H,6-26H2,1-5H3. The predicted molar refractivity (Wildman–Crippen MR) is 135 cm³/mol. The minimum atomic E-state index is 0.812. The summed E-state index contributed by atoms with van der Waals surface area (Å²) in [6.45, 7) is 10.8. The molecule has 1 nitrogen and oxygen atoms in total. The van der Waals surface area contributed by atoms with Gasteiger partial charge in [0.1, 0.15) is 0 Å². The van der Waals surface area contributed by atoms with Gasteiger partial charge in [0.25, 0.3) is 0 Å². The van der Waals surface area contributed by atoms with Crippen LogP contribution in [0.3, 0.4) is 0 Å². The molecule has 29 heavy (non-hydrogen) atoms. The van der Waals surface area contributed by atoms with E-state index >= 15 is 0 Å². The molecule has 0 aliphatic heterocycles. The lowest BCUT2D eigenvalue weighted by Crippen LogP contribution is -2.37. The second-order valence-electron chi connectivity index (χ2n) is 9.91. The highest BCUT2D eigenvalue weighted by atomic mass is 15.1. The molecule has 0 spiro atoms. The molecule has 0 bridgehead atoms. The monoisotopic (exact) mass is 409 g/mol. The predicted octanol–water partition coefficient (Wildman–Crippen LogP) is 9.78. The molecule has 0 aliphatic carbocycles. The van der Waals surface area contributed by atoms with Crippen molar-refractivity contribution in [2.24, 2.45) is 5.92 Å². The molecule has 0 aromatic rings. The highest BCUT2D eigenvalue weighted by Gasteiger charge is 2.20. The van der Waals surface area contributed by atoms with Crippen LogP contribution in [-0.4, -0.2) is 24.5 Å². The molecule has 176 valence electrons. The molecule has 0 fully saturated rings. The number of hydrogen-bond donors (Lipinski definition) is 0. The summed E-state index contributed by atoms with van der Waals surface area (Å²) < 4.78 is 0. The van der Waals surface area contributed by atoms with Crippen LogP contribution in [-0.2, 0) is 0 Å². The summed E-state index contributed by atoms with van der Waals surface area (Å²) in [4.78, 5) is 2.74. The maximum atomic E-state index is 2.74. The lowest BCUT2D eigenvalue weighted by Gasteiger charge is -2.33. The van der Waals surface area contributed by atoms with E-state index in [-0.39, 0.29) is 0 Å². The second-order valence-corrected chi connectivity index (χ2v) is 9.91. The van der Waals surface area contributed by atoms with Gasteiger partial charge in [-0.05, 0) is 38.8 Å². The molecule has 0 saturated heterocycles. The van der Waals surface area contributed by atoms with Gasteiger partial charge in [0.2, 0.25) is 0 Å². The van der Waals surface area contributed by atoms with Crippen LogP contribution in [0.2, 0.25) is 0 Å². The van der Waals surface area contributed by atoms with Crippen molar-refractivity contribution < 1.29 is 0 Å². The average Bonchev–Trinajstić information content (AvgIpc) is 2.72. The third kappa shape index (κ3) is 18.4. The summed E-state index contributed by atoms with van der Waals surface area (Å²) in [7, 11) is 2.42. The third-order valence-corrected chi connectivity index (χ3v) is 6.95. The first kappa shape index (κ1) is 29.0. The van der Waals surface area contributed by atoms with E-state index < -0.39 is 0 Å². The quantitative estimate of drug-likeness (QED) is 0.152. The Morgan fingerprint density at radius 2 is 0.862 bits per heavy atom. The maximum Gasteiger partial charge on any atom is 0.0118 e. The molecule has 0 saturated carbocycles. The molecule has 2 unspecified atom stereocenters. The van der Waals surface area contributed by atoms with Gasteiger partial charge < -0.3 is 4.90 Å². The summed E-state index contributed by atoms with van der Waals surface area (Å²) >= 11 is 0. The number of unbranched alkanes of at least 4 members (excludes halogenated alkanes) is 15. The van der Waals surface area contributed by atoms with Crippen molar-refractivity contribution in [1.29, 1.82) is 0 Å². The van der Waals surface area contributed by atoms with Gasteiger partial charge in [-0.15, -0.1) is 0 Å². The first-order valence-electron chi connectivity index (χ1n) is 13.9. The zero-order valence-corrected chi connectivity index (χ0v) is 21.5. The molecular weight excluding hydrogens is 350 g/mol. The molecule has 0 aliphatic rings. The fourth-order valence-electron chi connectivity index (χ4n) is 4.82. The van der Waals surface area contributed by atoms with Crippen LogP contribution in [0, 0.1) is 5.92 Å². The normalized spacial score (nSPS) is 13.9. The summed E-state index contributed by atoms with van der Waals surface area (Å²) in [6.07, 6.45) is 28.5. The Hall–Kier alpha value is -0.0400. The SMILES string of the molecule is CCCCCCCCCCN(C)C(CCCCCCCCC)C(C)CCCCC. The largest absolute Gasteiger partial charge is 0.303 e. The van der Waals surface area contributed by atoms with Gasteiger partial charge >= 0.3 is 0 Å². The van der Waals surface area contributed by atoms with Crippen molar-refractivity contribution in [3.63, 3.8) is 0 Å². The first-order chi connectivity index (χ1) is 14.2. The number of hydrogen-bond acceptors (Lipinski definition) is 1. The lowest BCUT2D eigenvalue weighted by molar-refractivity contribution is 0.158. The smallest absolute Gasteiger partial charge is 0.0118 e. The van der Waals surface area contributed by atoms with Crippen molar-refractivity contribution in [1.82, 2.24) is 4.90 Å². The van der Waals surface area contributed by atoms with Gasteiger partial charge in [0.15, 0.2) is 0 Å². The van der Waals surface area contributed by atoms with Crippen LogP contribution in [0.25, 0.3) is 0 Å². The highest BCUT2D eigenvalue weighted by molar-refractivity contribution is 4.75. The molecule has 1 heteroatoms. The van der Waals surface area contributed by atoms with Gasteiger partial charge in [0, 0.05) is 6.04 Å². The Bertz CT molecular complexity index is 301. The van der Waals surface area contributed by atoms with E-state index in [1.165, 1.54) is 135 Å². The molecule has 0 aromatic carbocycles. The lowest BCUT2D eigenvalue weighted by atomic mass is 9.90. The Morgan fingerprint density at radius 1 is 0.483 bits per heavy atom. The van der Waals surface area contributed by atoms with E-state index in [9.17, 15) is 0 Å². The third-order valence-electron chi connectivity index (χ3n) is 6.95. The van der Waals surface area contributed by atoms with E-state index in [0.717, 1.165) is 12.0 Å². The van der Waals surface area contributed by atoms with Gasteiger partial charge in [0.05, 0.1) is 0 Å². The highest BCUT2D eigenvalue weighted by Crippen LogP contribution is 2.23. The Labute approximate surface area is 186 Å². The van der Waals surface area contributed by atoms with Crippen molar-refractivity contribution >= 4 is 0 Å². The number of rotatable bonds is 23. The van der Waals surface area contributed by atoms with Crippen LogP contribution < -0.4 is 0 Å². The zero-order chi connectivity index (χ0) is 21.6. The molecule has 0 aromatic heterocycles. The van der Waals surface area contributed by atoms with E-state index in [4.69, 9.17) is 0 Å². The van der Waals surface area contributed by atoms with Crippen molar-refractivity contribution in [3.05, 3.63) is 0 Å². The first-order valence-corrected chi connectivity index (χ1v) is 13.9. The van der Waals surface area contributed by atoms with Gasteiger partial charge in [-0.25, -0.2) is 0 Å². The molecule has 0 radical (unpaired) electrons. The molecule has 2 atom stereocenters. The molecule has 0 N–H and O–H groups in total. The van der Waals surface area contributed by atoms with Crippen LogP contribution in [0.15, 0.2) is 0 Å². The second kappa shape index (κ2) is 22.6. The van der Waals surface area contributed by atoms with Crippen LogP contribution >= 0.6 is 0 Å². The van der Waals surface area contributed by atoms with Gasteiger partial charge in [-0.3, -0.25) is 0 Å². The van der Waals surface area contributed by atoms with Crippen LogP contribution in [0.4, 0.5) is 0 Å². The van der Waals surface area contributed by atoms with E-state index in [2.05, 4.69) is 39.6 Å². The van der Waals surface area contributed by atoms with E-state index in [0.29, 0.717) is 0 Å². The molecule has 0 amide bonds. The number of nitrogens with zero attached hydrogens (tertiary/aromatic N) is 1. The van der Waals surface area contributed by atoms with E-state index in [1.807, 2.05) is 0 Å². The summed E-state index contributed by atoms with van der Waals surface area (Å²) in [5.41, 5.74) is 0. The Morgan fingerprint density at radius 3 is 1.38 bits per heavy atom.